The van der Waals surface area contributed by atoms with Crippen molar-refractivity contribution in [2.45, 2.75) is 31.7 Å². The van der Waals surface area contributed by atoms with Crippen LogP contribution in [-0.2, 0) is 14.4 Å². The Balaban J connectivity index is 1.73. The lowest BCUT2D eigenvalue weighted by atomic mass is 9.91. The molecule has 7 nitrogen and oxygen atoms in total. The summed E-state index contributed by atoms with van der Waals surface area (Å²) in [5, 5.41) is 12.4. The molecule has 27 heavy (non-hydrogen) atoms. The van der Waals surface area contributed by atoms with Crippen LogP contribution in [0.1, 0.15) is 26.2 Å². The molecular weight excluding hydrogens is 368 g/mol. The van der Waals surface area contributed by atoms with Crippen molar-refractivity contribution in [2.75, 3.05) is 29.6 Å². The minimum Gasteiger partial charge on any atom is -0.492 e. The minimum absolute atomic E-state index is 0.0662. The number of carboxylic acid groups (broad SMARTS) is 1. The smallest absolute Gasteiger partial charge is 0.329 e. The number of hydrogen-bond donors (Lipinski definition) is 2. The summed E-state index contributed by atoms with van der Waals surface area (Å²) in [5.41, 5.74) is -0.580. The lowest BCUT2D eigenvalue weighted by Gasteiger charge is -2.34. The zero-order chi connectivity index (χ0) is 19.4. The van der Waals surface area contributed by atoms with E-state index in [1.807, 2.05) is 19.1 Å². The molecule has 0 spiro atoms. The van der Waals surface area contributed by atoms with Crippen LogP contribution in [0.4, 0.5) is 5.69 Å². The van der Waals surface area contributed by atoms with Crippen molar-refractivity contribution in [2.24, 2.45) is 5.92 Å². The molecule has 1 aromatic rings. The molecule has 2 fully saturated rings. The van der Waals surface area contributed by atoms with Gasteiger partial charge in [-0.1, -0.05) is 12.1 Å². The standard InChI is InChI=1S/C19H24N2O5S/c1-2-26-15-6-4-3-5-14(15)21-12-13(11-16(21)22)17(23)20-19(18(24)25)7-9-27-10-8-19/h3-6,13H,2,7-12H2,1H3,(H,20,23)(H,24,25). The number of carboxylic acids is 1. The highest BCUT2D eigenvalue weighted by Crippen LogP contribution is 2.34. The normalized spacial score (nSPS) is 21.7. The molecule has 1 atom stereocenters. The summed E-state index contributed by atoms with van der Waals surface area (Å²) in [4.78, 5) is 38.6. The van der Waals surface area contributed by atoms with Crippen LogP contribution in [0.2, 0.25) is 0 Å². The molecule has 2 aliphatic heterocycles. The Bertz CT molecular complexity index is 733. The number of para-hydroxylation sites is 2. The number of rotatable bonds is 6. The molecule has 2 saturated heterocycles. The van der Waals surface area contributed by atoms with E-state index in [2.05, 4.69) is 5.32 Å². The van der Waals surface area contributed by atoms with Gasteiger partial charge < -0.3 is 20.1 Å². The third-order valence-electron chi connectivity index (χ3n) is 5.07. The summed E-state index contributed by atoms with van der Waals surface area (Å²) < 4.78 is 5.59. The van der Waals surface area contributed by atoms with E-state index in [1.165, 1.54) is 0 Å². The summed E-state index contributed by atoms with van der Waals surface area (Å²) in [6.45, 7) is 2.56. The van der Waals surface area contributed by atoms with Crippen LogP contribution in [0.25, 0.3) is 0 Å². The Labute approximate surface area is 162 Å². The predicted molar refractivity (Wildman–Crippen MR) is 103 cm³/mol. The van der Waals surface area contributed by atoms with Crippen molar-refractivity contribution in [3.8, 4) is 5.75 Å². The predicted octanol–water partition coefficient (Wildman–Crippen LogP) is 1.90. The number of ether oxygens (including phenoxy) is 1. The molecule has 8 heteroatoms. The Hall–Kier alpha value is -2.22. The van der Waals surface area contributed by atoms with Crippen LogP contribution < -0.4 is 15.0 Å². The van der Waals surface area contributed by atoms with E-state index in [-0.39, 0.29) is 24.8 Å². The first-order valence-corrected chi connectivity index (χ1v) is 10.3. The van der Waals surface area contributed by atoms with Crippen molar-refractivity contribution in [1.29, 1.82) is 0 Å². The first-order valence-electron chi connectivity index (χ1n) is 9.12. The molecule has 0 saturated carbocycles. The Morgan fingerprint density at radius 1 is 1.33 bits per heavy atom. The number of hydrogen-bond acceptors (Lipinski definition) is 5. The van der Waals surface area contributed by atoms with Crippen molar-refractivity contribution in [3.63, 3.8) is 0 Å². The fourth-order valence-electron chi connectivity index (χ4n) is 3.52. The number of benzene rings is 1. The molecule has 1 aromatic carbocycles. The van der Waals surface area contributed by atoms with Crippen LogP contribution in [0.5, 0.6) is 5.75 Å². The molecule has 3 rings (SSSR count). The molecule has 0 aliphatic carbocycles. The lowest BCUT2D eigenvalue weighted by Crippen LogP contribution is -2.58. The number of carbonyl (C=O) groups excluding carboxylic acids is 2. The maximum Gasteiger partial charge on any atom is 0.329 e. The van der Waals surface area contributed by atoms with Gasteiger partial charge in [-0.05, 0) is 43.4 Å². The van der Waals surface area contributed by atoms with Gasteiger partial charge in [-0.2, -0.15) is 11.8 Å². The summed E-state index contributed by atoms with van der Waals surface area (Å²) in [5.74, 6) is -0.105. The lowest BCUT2D eigenvalue weighted by molar-refractivity contribution is -0.148. The first kappa shape index (κ1) is 19.5. The quantitative estimate of drug-likeness (QED) is 0.768. The van der Waals surface area contributed by atoms with Crippen molar-refractivity contribution in [1.82, 2.24) is 5.32 Å². The molecule has 146 valence electrons. The van der Waals surface area contributed by atoms with E-state index in [1.54, 1.807) is 28.8 Å². The van der Waals surface area contributed by atoms with Gasteiger partial charge in [0.15, 0.2) is 0 Å². The molecular formula is C19H24N2O5S. The highest BCUT2D eigenvalue weighted by Gasteiger charge is 2.44. The molecule has 0 radical (unpaired) electrons. The van der Waals surface area contributed by atoms with Crippen LogP contribution in [0.15, 0.2) is 24.3 Å². The van der Waals surface area contributed by atoms with Gasteiger partial charge in [0.2, 0.25) is 11.8 Å². The maximum atomic E-state index is 12.8. The summed E-state index contributed by atoms with van der Waals surface area (Å²) >= 11 is 1.69. The fraction of sp³-hybridized carbons (Fsp3) is 0.526. The summed E-state index contributed by atoms with van der Waals surface area (Å²) in [6, 6.07) is 7.23. The minimum atomic E-state index is -1.22. The molecule has 0 aromatic heterocycles. The Morgan fingerprint density at radius 2 is 2.04 bits per heavy atom. The van der Waals surface area contributed by atoms with Gasteiger partial charge in [0.1, 0.15) is 11.3 Å². The van der Waals surface area contributed by atoms with Crippen LogP contribution in [0.3, 0.4) is 0 Å². The molecule has 2 aliphatic rings. The fourth-order valence-corrected chi connectivity index (χ4v) is 4.71. The van der Waals surface area contributed by atoms with E-state index in [0.717, 1.165) is 0 Å². The molecule has 2 N–H and O–H groups in total. The second kappa shape index (κ2) is 8.21. The Kier molecular flexibility index (Phi) is 5.94. The number of aliphatic carboxylic acids is 1. The SMILES string of the molecule is CCOc1ccccc1N1CC(C(=O)NC2(C(=O)O)CCSCC2)CC1=O. The number of nitrogens with zero attached hydrogens (tertiary/aromatic N) is 1. The third-order valence-corrected chi connectivity index (χ3v) is 6.06. The van der Waals surface area contributed by atoms with Gasteiger partial charge in [-0.15, -0.1) is 0 Å². The average molecular weight is 392 g/mol. The number of carbonyl (C=O) groups is 3. The van der Waals surface area contributed by atoms with Gasteiger partial charge in [0.25, 0.3) is 0 Å². The number of anilines is 1. The molecule has 2 heterocycles. The topological polar surface area (TPSA) is 95.9 Å². The third kappa shape index (κ3) is 4.05. The van der Waals surface area contributed by atoms with Gasteiger partial charge in [-0.25, -0.2) is 4.79 Å². The van der Waals surface area contributed by atoms with Crippen molar-refractivity contribution >= 4 is 35.2 Å². The highest BCUT2D eigenvalue weighted by atomic mass is 32.2. The summed E-state index contributed by atoms with van der Waals surface area (Å²) in [7, 11) is 0. The van der Waals surface area contributed by atoms with Crippen molar-refractivity contribution in [3.05, 3.63) is 24.3 Å². The zero-order valence-corrected chi connectivity index (χ0v) is 16.1. The number of nitrogens with one attached hydrogen (secondary N) is 1. The van der Waals surface area contributed by atoms with E-state index >= 15 is 0 Å². The zero-order valence-electron chi connectivity index (χ0n) is 15.3. The van der Waals surface area contributed by atoms with E-state index in [4.69, 9.17) is 4.74 Å². The van der Waals surface area contributed by atoms with Gasteiger partial charge >= 0.3 is 5.97 Å². The summed E-state index contributed by atoms with van der Waals surface area (Å²) in [6.07, 6.45) is 0.864. The molecule has 1 unspecified atom stereocenters. The largest absolute Gasteiger partial charge is 0.492 e. The maximum absolute atomic E-state index is 12.8. The average Bonchev–Trinajstić information content (AvgIpc) is 3.05. The van der Waals surface area contributed by atoms with Crippen LogP contribution >= 0.6 is 11.8 Å². The second-order valence-corrected chi connectivity index (χ2v) is 8.02. The first-order chi connectivity index (χ1) is 13.0. The highest BCUT2D eigenvalue weighted by molar-refractivity contribution is 7.99. The van der Waals surface area contributed by atoms with Crippen LogP contribution in [-0.4, -0.2) is 53.1 Å². The Morgan fingerprint density at radius 3 is 2.70 bits per heavy atom. The van der Waals surface area contributed by atoms with E-state index in [0.29, 0.717) is 42.4 Å². The van der Waals surface area contributed by atoms with E-state index in [9.17, 15) is 19.5 Å². The number of thioether (sulfide) groups is 1. The van der Waals surface area contributed by atoms with E-state index < -0.39 is 17.4 Å². The van der Waals surface area contributed by atoms with Crippen molar-refractivity contribution < 1.29 is 24.2 Å². The number of amides is 2. The van der Waals surface area contributed by atoms with Gasteiger partial charge in [-0.3, -0.25) is 9.59 Å². The monoisotopic (exact) mass is 392 g/mol. The second-order valence-electron chi connectivity index (χ2n) is 6.80. The van der Waals surface area contributed by atoms with Gasteiger partial charge in [0, 0.05) is 13.0 Å². The van der Waals surface area contributed by atoms with Gasteiger partial charge in [0.05, 0.1) is 18.2 Å². The molecule has 0 bridgehead atoms. The molecule has 2 amide bonds. The van der Waals surface area contributed by atoms with Crippen LogP contribution in [0, 0.1) is 5.92 Å².